The van der Waals surface area contributed by atoms with Gasteiger partial charge in [-0.1, -0.05) is 18.2 Å². The zero-order valence-electron chi connectivity index (χ0n) is 14.6. The van der Waals surface area contributed by atoms with Gasteiger partial charge in [0.25, 0.3) is 0 Å². The molecule has 0 atom stereocenters. The number of rotatable bonds is 7. The van der Waals surface area contributed by atoms with Crippen LogP contribution in [0.25, 0.3) is 5.52 Å². The standard InChI is InChI=1S/C21H21NO4/c1-2-26-20(24)12-7-8-15-14-17(18-10-5-6-13-22(15)18)21(25)16-9-3-4-11-19(16)23/h3-6,9-11,13-14,23H,2,7-8,12H2,1H3. The summed E-state index contributed by atoms with van der Waals surface area (Å²) < 4.78 is 6.91. The van der Waals surface area contributed by atoms with E-state index >= 15 is 0 Å². The molecular weight excluding hydrogens is 330 g/mol. The molecule has 1 N–H and O–H groups in total. The number of fused-ring (bicyclic) bond motifs is 1. The van der Waals surface area contributed by atoms with Crippen molar-refractivity contribution in [1.82, 2.24) is 4.40 Å². The lowest BCUT2D eigenvalue weighted by molar-refractivity contribution is -0.143. The molecule has 0 aliphatic carbocycles. The summed E-state index contributed by atoms with van der Waals surface area (Å²) in [6, 6.07) is 14.0. The molecule has 0 amide bonds. The fourth-order valence-electron chi connectivity index (χ4n) is 3.06. The third-order valence-corrected chi connectivity index (χ3v) is 4.27. The molecule has 0 fully saturated rings. The summed E-state index contributed by atoms with van der Waals surface area (Å²) in [5.74, 6) is -0.459. The third-order valence-electron chi connectivity index (χ3n) is 4.27. The van der Waals surface area contributed by atoms with E-state index in [1.807, 2.05) is 34.9 Å². The molecule has 0 radical (unpaired) electrons. The second-order valence-corrected chi connectivity index (χ2v) is 6.01. The Kier molecular flexibility index (Phi) is 5.37. The zero-order valence-corrected chi connectivity index (χ0v) is 14.6. The number of carbonyl (C=O) groups excluding carboxylic acids is 2. The van der Waals surface area contributed by atoms with Crippen molar-refractivity contribution in [3.05, 3.63) is 71.5 Å². The van der Waals surface area contributed by atoms with Crippen molar-refractivity contribution in [3.63, 3.8) is 0 Å². The Morgan fingerprint density at radius 3 is 2.62 bits per heavy atom. The topological polar surface area (TPSA) is 68.0 Å². The first-order valence-corrected chi connectivity index (χ1v) is 8.69. The Morgan fingerprint density at radius 1 is 1.08 bits per heavy atom. The average molecular weight is 351 g/mol. The summed E-state index contributed by atoms with van der Waals surface area (Å²) in [5.41, 5.74) is 2.55. The molecule has 0 spiro atoms. The molecule has 0 saturated carbocycles. The third kappa shape index (κ3) is 3.61. The molecule has 5 nitrogen and oxygen atoms in total. The Morgan fingerprint density at radius 2 is 1.85 bits per heavy atom. The summed E-state index contributed by atoms with van der Waals surface area (Å²) >= 11 is 0. The van der Waals surface area contributed by atoms with E-state index in [4.69, 9.17) is 4.74 Å². The molecule has 0 bridgehead atoms. The number of aromatic nitrogens is 1. The van der Waals surface area contributed by atoms with Crippen LogP contribution in [0.4, 0.5) is 0 Å². The highest BCUT2D eigenvalue weighted by molar-refractivity contribution is 6.14. The van der Waals surface area contributed by atoms with Gasteiger partial charge in [-0.25, -0.2) is 0 Å². The van der Waals surface area contributed by atoms with Gasteiger partial charge in [0.1, 0.15) is 5.75 Å². The van der Waals surface area contributed by atoms with E-state index < -0.39 is 0 Å². The second kappa shape index (κ2) is 7.87. The van der Waals surface area contributed by atoms with Crippen LogP contribution in [-0.2, 0) is 16.0 Å². The highest BCUT2D eigenvalue weighted by Gasteiger charge is 2.19. The van der Waals surface area contributed by atoms with Crippen LogP contribution >= 0.6 is 0 Å². The number of benzene rings is 1. The van der Waals surface area contributed by atoms with Gasteiger partial charge in [-0.15, -0.1) is 0 Å². The van der Waals surface area contributed by atoms with Crippen molar-refractivity contribution in [2.75, 3.05) is 6.61 Å². The zero-order chi connectivity index (χ0) is 18.5. The van der Waals surface area contributed by atoms with E-state index in [2.05, 4.69) is 0 Å². The maximum Gasteiger partial charge on any atom is 0.305 e. The molecule has 26 heavy (non-hydrogen) atoms. The number of hydrogen-bond acceptors (Lipinski definition) is 4. The van der Waals surface area contributed by atoms with Crippen molar-refractivity contribution in [3.8, 4) is 5.75 Å². The fraction of sp³-hybridized carbons (Fsp3) is 0.238. The van der Waals surface area contributed by atoms with Crippen LogP contribution in [0.2, 0.25) is 0 Å². The van der Waals surface area contributed by atoms with E-state index in [1.54, 1.807) is 25.1 Å². The molecule has 2 aromatic heterocycles. The van der Waals surface area contributed by atoms with Gasteiger partial charge in [0.2, 0.25) is 0 Å². The number of esters is 1. The van der Waals surface area contributed by atoms with Crippen LogP contribution in [0.3, 0.4) is 0 Å². The predicted molar refractivity (Wildman–Crippen MR) is 98.5 cm³/mol. The first-order chi connectivity index (χ1) is 12.6. The largest absolute Gasteiger partial charge is 0.507 e. The Hall–Kier alpha value is -3.08. The normalized spacial score (nSPS) is 10.8. The minimum absolute atomic E-state index is 0.0309. The lowest BCUT2D eigenvalue weighted by atomic mass is 10.0. The maximum atomic E-state index is 12.9. The Bertz CT molecular complexity index is 942. The quantitative estimate of drug-likeness (QED) is 0.520. The van der Waals surface area contributed by atoms with Crippen LogP contribution in [0.15, 0.2) is 54.7 Å². The predicted octanol–water partition coefficient (Wildman–Crippen LogP) is 3.76. The summed E-state index contributed by atoms with van der Waals surface area (Å²) in [6.07, 6.45) is 3.54. The number of hydrogen-bond donors (Lipinski definition) is 1. The van der Waals surface area contributed by atoms with Crippen LogP contribution in [0.1, 0.15) is 41.4 Å². The van der Waals surface area contributed by atoms with Crippen molar-refractivity contribution in [1.29, 1.82) is 0 Å². The number of ether oxygens (including phenoxy) is 1. The van der Waals surface area contributed by atoms with Gasteiger partial charge in [0, 0.05) is 23.9 Å². The number of pyridine rings is 1. The van der Waals surface area contributed by atoms with E-state index in [9.17, 15) is 14.7 Å². The highest BCUT2D eigenvalue weighted by Crippen LogP contribution is 2.25. The molecule has 134 valence electrons. The van der Waals surface area contributed by atoms with E-state index in [-0.39, 0.29) is 23.1 Å². The van der Waals surface area contributed by atoms with Crippen LogP contribution in [0.5, 0.6) is 5.75 Å². The number of phenolic OH excluding ortho intramolecular Hbond substituents is 1. The van der Waals surface area contributed by atoms with E-state index in [0.717, 1.165) is 11.2 Å². The van der Waals surface area contributed by atoms with Crippen LogP contribution in [-0.4, -0.2) is 27.9 Å². The highest BCUT2D eigenvalue weighted by atomic mass is 16.5. The molecule has 3 aromatic rings. The van der Waals surface area contributed by atoms with Crippen molar-refractivity contribution in [2.24, 2.45) is 0 Å². The number of phenols is 1. The lowest BCUT2D eigenvalue weighted by Gasteiger charge is -2.03. The molecular formula is C21H21NO4. The lowest BCUT2D eigenvalue weighted by Crippen LogP contribution is -2.04. The molecule has 0 aliphatic rings. The number of ketones is 1. The van der Waals surface area contributed by atoms with Crippen LogP contribution in [0, 0.1) is 0 Å². The minimum atomic E-state index is -0.219. The van der Waals surface area contributed by atoms with E-state index in [1.165, 1.54) is 6.07 Å². The molecule has 3 rings (SSSR count). The van der Waals surface area contributed by atoms with Gasteiger partial charge in [0.15, 0.2) is 5.78 Å². The number of carbonyl (C=O) groups is 2. The first kappa shape index (κ1) is 17.7. The number of nitrogens with zero attached hydrogens (tertiary/aromatic N) is 1. The Balaban J connectivity index is 1.89. The van der Waals surface area contributed by atoms with Crippen molar-refractivity contribution >= 4 is 17.3 Å². The number of aryl methyl sites for hydroxylation is 1. The summed E-state index contributed by atoms with van der Waals surface area (Å²) in [5, 5.41) is 10.00. The van der Waals surface area contributed by atoms with Crippen molar-refractivity contribution < 1.29 is 19.4 Å². The molecule has 2 heterocycles. The van der Waals surface area contributed by atoms with Gasteiger partial charge in [0.05, 0.1) is 17.7 Å². The summed E-state index contributed by atoms with van der Waals surface area (Å²) in [7, 11) is 0. The smallest absolute Gasteiger partial charge is 0.305 e. The monoisotopic (exact) mass is 351 g/mol. The number of para-hydroxylation sites is 1. The van der Waals surface area contributed by atoms with Gasteiger partial charge in [-0.05, 0) is 50.1 Å². The molecule has 0 saturated heterocycles. The summed E-state index contributed by atoms with van der Waals surface area (Å²) in [6.45, 7) is 2.17. The Labute approximate surface area is 151 Å². The van der Waals surface area contributed by atoms with Crippen molar-refractivity contribution in [2.45, 2.75) is 26.2 Å². The molecule has 5 heteroatoms. The van der Waals surface area contributed by atoms with Gasteiger partial charge in [-0.2, -0.15) is 0 Å². The maximum absolute atomic E-state index is 12.9. The minimum Gasteiger partial charge on any atom is -0.507 e. The average Bonchev–Trinajstić information content (AvgIpc) is 3.01. The fourth-order valence-corrected chi connectivity index (χ4v) is 3.06. The number of aromatic hydroxyl groups is 1. The molecule has 1 aromatic carbocycles. The van der Waals surface area contributed by atoms with Gasteiger partial charge < -0.3 is 14.2 Å². The second-order valence-electron chi connectivity index (χ2n) is 6.01. The summed E-state index contributed by atoms with van der Waals surface area (Å²) in [4.78, 5) is 24.4. The van der Waals surface area contributed by atoms with Gasteiger partial charge in [-0.3, -0.25) is 9.59 Å². The SMILES string of the molecule is CCOC(=O)CCCc1cc(C(=O)c2ccccc2O)c2ccccn12. The van der Waals surface area contributed by atoms with Gasteiger partial charge >= 0.3 is 5.97 Å². The molecule has 0 unspecified atom stereocenters. The first-order valence-electron chi connectivity index (χ1n) is 8.69. The molecule has 0 aliphatic heterocycles. The van der Waals surface area contributed by atoms with E-state index in [0.29, 0.717) is 31.4 Å². The van der Waals surface area contributed by atoms with Crippen LogP contribution < -0.4 is 0 Å².